The van der Waals surface area contributed by atoms with Gasteiger partial charge in [-0.25, -0.2) is 15.0 Å². The van der Waals surface area contributed by atoms with E-state index in [0.717, 1.165) is 35.2 Å². The molecule has 4 aromatic heterocycles. The fourth-order valence-electron chi connectivity index (χ4n) is 4.85. The van der Waals surface area contributed by atoms with Crippen molar-refractivity contribution in [3.8, 4) is 0 Å². The summed E-state index contributed by atoms with van der Waals surface area (Å²) in [5, 5.41) is 12.5. The summed E-state index contributed by atoms with van der Waals surface area (Å²) in [6.45, 7) is 3.41. The number of benzene rings is 1. The molecule has 6 rings (SSSR count). The van der Waals surface area contributed by atoms with E-state index in [-0.39, 0.29) is 11.6 Å². The van der Waals surface area contributed by atoms with Gasteiger partial charge in [0.15, 0.2) is 5.82 Å². The molecule has 1 aromatic carbocycles. The number of hydrogen-bond acceptors (Lipinski definition) is 9. The number of fused-ring (bicyclic) bond motifs is 2. The summed E-state index contributed by atoms with van der Waals surface area (Å²) in [6, 6.07) is 8.92. The molecule has 0 radical (unpaired) electrons. The summed E-state index contributed by atoms with van der Waals surface area (Å²) < 4.78 is 3.46. The van der Waals surface area contributed by atoms with Crippen LogP contribution in [0.15, 0.2) is 59.9 Å². The molecular weight excluding hydrogens is 516 g/mol. The van der Waals surface area contributed by atoms with Crippen molar-refractivity contribution < 1.29 is 0 Å². The fourth-order valence-corrected chi connectivity index (χ4v) is 4.99. The summed E-state index contributed by atoms with van der Waals surface area (Å²) in [5.74, 6) is 1.74. The minimum absolute atomic E-state index is 0.117. The molecule has 0 bridgehead atoms. The van der Waals surface area contributed by atoms with E-state index in [1.54, 1.807) is 42.3 Å². The fraction of sp³-hybridized carbons (Fsp3) is 0.259. The average Bonchev–Trinajstić information content (AvgIpc) is 3.32. The molecule has 0 aliphatic carbocycles. The number of nitrogens with one attached hydrogen (secondary N) is 2. The minimum atomic E-state index is -0.207. The Morgan fingerprint density at radius 1 is 1.10 bits per heavy atom. The second kappa shape index (κ2) is 9.99. The summed E-state index contributed by atoms with van der Waals surface area (Å²) in [4.78, 5) is 32.7. The van der Waals surface area contributed by atoms with Crippen molar-refractivity contribution in [3.05, 3.63) is 87.6 Å². The van der Waals surface area contributed by atoms with Crippen molar-refractivity contribution in [2.45, 2.75) is 25.9 Å². The van der Waals surface area contributed by atoms with Crippen molar-refractivity contribution >= 4 is 45.6 Å². The van der Waals surface area contributed by atoms with Gasteiger partial charge in [-0.3, -0.25) is 9.48 Å². The van der Waals surface area contributed by atoms with Crippen LogP contribution in [0.2, 0.25) is 5.02 Å². The topological polar surface area (TPSA) is 119 Å². The number of aromatic nitrogens is 7. The van der Waals surface area contributed by atoms with Gasteiger partial charge in [-0.15, -0.1) is 0 Å². The molecule has 0 spiro atoms. The van der Waals surface area contributed by atoms with Crippen LogP contribution in [-0.4, -0.2) is 40.8 Å². The first kappa shape index (κ1) is 24.8. The van der Waals surface area contributed by atoms with Crippen molar-refractivity contribution in [1.82, 2.24) is 34.3 Å². The Hall–Kier alpha value is -4.51. The number of aryl methyl sites for hydroxylation is 2. The van der Waals surface area contributed by atoms with Gasteiger partial charge in [-0.1, -0.05) is 11.6 Å². The maximum atomic E-state index is 12.7. The number of halogens is 1. The molecule has 0 saturated carbocycles. The highest BCUT2D eigenvalue weighted by atomic mass is 35.5. The lowest BCUT2D eigenvalue weighted by Crippen LogP contribution is -2.31. The monoisotopic (exact) mass is 542 g/mol. The van der Waals surface area contributed by atoms with E-state index < -0.39 is 0 Å². The van der Waals surface area contributed by atoms with Crippen LogP contribution < -0.4 is 21.1 Å². The van der Waals surface area contributed by atoms with Crippen molar-refractivity contribution in [2.24, 2.45) is 14.1 Å². The van der Waals surface area contributed by atoms with Crippen LogP contribution in [0.25, 0.3) is 10.9 Å². The zero-order chi connectivity index (χ0) is 27.1. The Morgan fingerprint density at radius 2 is 1.92 bits per heavy atom. The molecule has 5 heterocycles. The predicted octanol–water partition coefficient (Wildman–Crippen LogP) is 3.98. The average molecular weight is 543 g/mol. The van der Waals surface area contributed by atoms with Crippen LogP contribution in [-0.2, 0) is 27.1 Å². The highest BCUT2D eigenvalue weighted by molar-refractivity contribution is 6.32. The number of rotatable bonds is 6. The van der Waals surface area contributed by atoms with Gasteiger partial charge in [0.05, 0.1) is 23.4 Å². The Labute approximate surface area is 229 Å². The normalized spacial score (nSPS) is 13.8. The van der Waals surface area contributed by atoms with Crippen LogP contribution in [0.5, 0.6) is 0 Å². The molecule has 1 unspecified atom stereocenters. The molecule has 12 heteroatoms. The molecule has 0 amide bonds. The van der Waals surface area contributed by atoms with Crippen LogP contribution in [0.1, 0.15) is 30.0 Å². The number of anilines is 4. The standard InChI is InChI=1S/C27H27ClN10O/c1-16(25-29-8-4-9-30-25)32-22-12-24(39)37(3)23-6-5-18(11-19(22)23)33-26-20(28)13-31-27(34-26)38-10-7-21-17(15-38)14-36(2)35-21/h4-6,8-9,11-14,16,32H,7,10,15H2,1-3H3,(H,31,33,34). The molecule has 198 valence electrons. The third kappa shape index (κ3) is 4.88. The first-order chi connectivity index (χ1) is 18.9. The van der Waals surface area contributed by atoms with Crippen molar-refractivity contribution in [1.29, 1.82) is 0 Å². The summed E-state index contributed by atoms with van der Waals surface area (Å²) >= 11 is 6.51. The third-order valence-corrected chi connectivity index (χ3v) is 7.12. The van der Waals surface area contributed by atoms with E-state index >= 15 is 0 Å². The smallest absolute Gasteiger partial charge is 0.252 e. The minimum Gasteiger partial charge on any atom is -0.375 e. The molecular formula is C27H27ClN10O. The Bertz CT molecular complexity index is 1730. The van der Waals surface area contributed by atoms with E-state index in [2.05, 4.69) is 35.6 Å². The molecule has 1 aliphatic rings. The largest absolute Gasteiger partial charge is 0.375 e. The van der Waals surface area contributed by atoms with E-state index in [1.807, 2.05) is 43.0 Å². The molecule has 0 saturated heterocycles. The second-order valence-corrected chi connectivity index (χ2v) is 10.0. The van der Waals surface area contributed by atoms with Gasteiger partial charge in [0, 0.05) is 80.6 Å². The maximum Gasteiger partial charge on any atom is 0.252 e. The van der Waals surface area contributed by atoms with Gasteiger partial charge >= 0.3 is 0 Å². The van der Waals surface area contributed by atoms with Crippen molar-refractivity contribution in [2.75, 3.05) is 22.1 Å². The molecule has 0 fully saturated rings. The Morgan fingerprint density at radius 3 is 2.74 bits per heavy atom. The first-order valence-corrected chi connectivity index (χ1v) is 13.0. The van der Waals surface area contributed by atoms with Gasteiger partial charge < -0.3 is 20.1 Å². The second-order valence-electron chi connectivity index (χ2n) is 9.60. The number of pyridine rings is 1. The van der Waals surface area contributed by atoms with Crippen LogP contribution >= 0.6 is 11.6 Å². The summed E-state index contributed by atoms with van der Waals surface area (Å²) in [7, 11) is 3.69. The quantitative estimate of drug-likeness (QED) is 0.328. The maximum absolute atomic E-state index is 12.7. The molecule has 2 N–H and O–H groups in total. The van der Waals surface area contributed by atoms with Gasteiger partial charge in [-0.2, -0.15) is 10.1 Å². The van der Waals surface area contributed by atoms with Crippen LogP contribution in [0, 0.1) is 0 Å². The Balaban J connectivity index is 1.31. The zero-order valence-electron chi connectivity index (χ0n) is 21.8. The lowest BCUT2D eigenvalue weighted by Gasteiger charge is -2.26. The lowest BCUT2D eigenvalue weighted by atomic mass is 10.1. The van der Waals surface area contributed by atoms with Gasteiger partial charge in [0.25, 0.3) is 5.56 Å². The molecule has 1 atom stereocenters. The summed E-state index contributed by atoms with van der Waals surface area (Å²) in [5.41, 5.74) is 4.41. The first-order valence-electron chi connectivity index (χ1n) is 12.6. The van der Waals surface area contributed by atoms with E-state index in [0.29, 0.717) is 34.8 Å². The van der Waals surface area contributed by atoms with E-state index in [9.17, 15) is 4.79 Å². The predicted molar refractivity (Wildman–Crippen MR) is 152 cm³/mol. The highest BCUT2D eigenvalue weighted by Gasteiger charge is 2.22. The third-order valence-electron chi connectivity index (χ3n) is 6.84. The lowest BCUT2D eigenvalue weighted by molar-refractivity contribution is 0.687. The van der Waals surface area contributed by atoms with E-state index in [4.69, 9.17) is 16.6 Å². The number of nitrogens with zero attached hydrogens (tertiary/aromatic N) is 8. The number of hydrogen-bond donors (Lipinski definition) is 2. The van der Waals surface area contributed by atoms with Gasteiger partial charge in [0.2, 0.25) is 5.95 Å². The van der Waals surface area contributed by atoms with Crippen LogP contribution in [0.4, 0.5) is 23.1 Å². The molecule has 11 nitrogen and oxygen atoms in total. The van der Waals surface area contributed by atoms with Gasteiger partial charge in [0.1, 0.15) is 10.8 Å². The SMILES string of the molecule is CC(Nc1cc(=O)n(C)c2ccc(Nc3nc(N4CCc5nn(C)cc5C4)ncc3Cl)cc12)c1ncccn1. The van der Waals surface area contributed by atoms with E-state index in [1.165, 1.54) is 5.56 Å². The van der Waals surface area contributed by atoms with Crippen LogP contribution in [0.3, 0.4) is 0 Å². The van der Waals surface area contributed by atoms with Gasteiger partial charge in [-0.05, 0) is 31.2 Å². The highest BCUT2D eigenvalue weighted by Crippen LogP contribution is 2.31. The molecule has 39 heavy (non-hydrogen) atoms. The zero-order valence-corrected chi connectivity index (χ0v) is 22.5. The van der Waals surface area contributed by atoms with Crippen molar-refractivity contribution in [3.63, 3.8) is 0 Å². The summed E-state index contributed by atoms with van der Waals surface area (Å²) in [6.07, 6.45) is 7.88. The Kier molecular flexibility index (Phi) is 6.35. The molecule has 1 aliphatic heterocycles. The molecule has 5 aromatic rings.